The third-order valence-corrected chi connectivity index (χ3v) is 4.53. The van der Waals surface area contributed by atoms with Crippen LogP contribution in [0.25, 0.3) is 0 Å². The van der Waals surface area contributed by atoms with E-state index in [1.807, 2.05) is 4.90 Å². The Bertz CT molecular complexity index is 521. The van der Waals surface area contributed by atoms with Crippen molar-refractivity contribution in [3.05, 3.63) is 17.4 Å². The molecule has 0 aliphatic carbocycles. The van der Waals surface area contributed by atoms with Crippen LogP contribution in [0.4, 0.5) is 5.95 Å². The van der Waals surface area contributed by atoms with Crippen molar-refractivity contribution in [1.82, 2.24) is 14.9 Å². The van der Waals surface area contributed by atoms with Gasteiger partial charge in [-0.1, -0.05) is 11.6 Å². The maximum atomic E-state index is 12.4. The number of rotatable bonds is 4. The van der Waals surface area contributed by atoms with Crippen LogP contribution in [-0.2, 0) is 9.53 Å². The van der Waals surface area contributed by atoms with Crippen molar-refractivity contribution in [3.8, 4) is 0 Å². The Kier molecular flexibility index (Phi) is 4.46. The van der Waals surface area contributed by atoms with Crippen molar-refractivity contribution in [2.24, 2.45) is 5.73 Å². The van der Waals surface area contributed by atoms with Gasteiger partial charge in [-0.05, 0) is 0 Å². The maximum Gasteiger partial charge on any atom is 0.225 e. The van der Waals surface area contributed by atoms with E-state index in [4.69, 9.17) is 22.1 Å². The monoisotopic (exact) mass is 325 g/mol. The lowest BCUT2D eigenvalue weighted by molar-refractivity contribution is -0.163. The molecule has 0 spiro atoms. The van der Waals surface area contributed by atoms with Gasteiger partial charge in [0.15, 0.2) is 0 Å². The van der Waals surface area contributed by atoms with Crippen LogP contribution in [0, 0.1) is 0 Å². The molecule has 2 N–H and O–H groups in total. The molecular formula is C14H20ClN5O2. The summed E-state index contributed by atoms with van der Waals surface area (Å²) in [5.74, 6) is 0.763. The Balaban J connectivity index is 1.53. The van der Waals surface area contributed by atoms with Gasteiger partial charge >= 0.3 is 0 Å². The predicted molar refractivity (Wildman–Crippen MR) is 82.8 cm³/mol. The van der Waals surface area contributed by atoms with Gasteiger partial charge in [-0.15, -0.1) is 0 Å². The minimum Gasteiger partial charge on any atom is -0.373 e. The molecule has 1 aromatic rings. The highest BCUT2D eigenvalue weighted by Gasteiger charge is 2.40. The number of halogens is 1. The number of hydrogen-bond donors (Lipinski definition) is 1. The van der Waals surface area contributed by atoms with E-state index in [0.717, 1.165) is 6.42 Å². The number of amides is 1. The number of nitrogens with two attached hydrogens (primary N) is 1. The first-order chi connectivity index (χ1) is 10.6. The zero-order valence-corrected chi connectivity index (χ0v) is 13.1. The first-order valence-electron chi connectivity index (χ1n) is 7.46. The standard InChI is InChI=1S/C14H20ClN5O2/c15-11-8-17-13(18-9-11)20-4-2-19(3-5-20)12(21)7-14(10-16)1-6-22-14/h8-9H,1-7,10,16H2. The molecule has 2 aliphatic rings. The third kappa shape index (κ3) is 3.16. The lowest BCUT2D eigenvalue weighted by Gasteiger charge is -2.42. The molecule has 1 atom stereocenters. The van der Waals surface area contributed by atoms with E-state index in [0.29, 0.717) is 56.7 Å². The Hall–Kier alpha value is -1.44. The highest BCUT2D eigenvalue weighted by atomic mass is 35.5. The molecule has 1 amide bonds. The Labute approximate surface area is 134 Å². The van der Waals surface area contributed by atoms with Crippen LogP contribution in [0.3, 0.4) is 0 Å². The molecule has 1 aromatic heterocycles. The quantitative estimate of drug-likeness (QED) is 0.856. The minimum atomic E-state index is -0.423. The predicted octanol–water partition coefficient (Wildman–Crippen LogP) is 0.286. The van der Waals surface area contributed by atoms with E-state index in [-0.39, 0.29) is 5.91 Å². The van der Waals surface area contributed by atoms with Crippen molar-refractivity contribution in [2.45, 2.75) is 18.4 Å². The Morgan fingerprint density at radius 3 is 2.45 bits per heavy atom. The molecule has 1 unspecified atom stereocenters. The first kappa shape index (κ1) is 15.5. The lowest BCUT2D eigenvalue weighted by atomic mass is 9.90. The molecule has 120 valence electrons. The summed E-state index contributed by atoms with van der Waals surface area (Å²) in [6.45, 7) is 3.84. The molecule has 0 saturated carbocycles. The average Bonchev–Trinajstić information content (AvgIpc) is 2.52. The molecular weight excluding hydrogens is 306 g/mol. The summed E-state index contributed by atoms with van der Waals surface area (Å²) in [4.78, 5) is 24.7. The second-order valence-corrected chi connectivity index (χ2v) is 6.17. The van der Waals surface area contributed by atoms with Crippen LogP contribution >= 0.6 is 11.6 Å². The lowest BCUT2D eigenvalue weighted by Crippen LogP contribution is -2.55. The number of nitrogens with zero attached hydrogens (tertiary/aromatic N) is 4. The van der Waals surface area contributed by atoms with Gasteiger partial charge in [0, 0.05) is 39.1 Å². The molecule has 22 heavy (non-hydrogen) atoms. The Morgan fingerprint density at radius 2 is 1.95 bits per heavy atom. The minimum absolute atomic E-state index is 0.113. The van der Waals surface area contributed by atoms with Gasteiger partial charge in [-0.3, -0.25) is 4.79 Å². The zero-order valence-electron chi connectivity index (χ0n) is 12.4. The topological polar surface area (TPSA) is 84.6 Å². The number of carbonyl (C=O) groups is 1. The number of ether oxygens (including phenoxy) is 1. The first-order valence-corrected chi connectivity index (χ1v) is 7.84. The molecule has 0 radical (unpaired) electrons. The molecule has 8 heteroatoms. The summed E-state index contributed by atoms with van der Waals surface area (Å²) in [7, 11) is 0. The second kappa shape index (κ2) is 6.36. The van der Waals surface area contributed by atoms with Crippen molar-refractivity contribution >= 4 is 23.5 Å². The zero-order chi connectivity index (χ0) is 15.6. The summed E-state index contributed by atoms with van der Waals surface area (Å²) in [6, 6.07) is 0. The largest absolute Gasteiger partial charge is 0.373 e. The Morgan fingerprint density at radius 1 is 1.32 bits per heavy atom. The van der Waals surface area contributed by atoms with Crippen LogP contribution < -0.4 is 10.6 Å². The fourth-order valence-corrected chi connectivity index (χ4v) is 2.87. The van der Waals surface area contributed by atoms with Gasteiger partial charge in [0.25, 0.3) is 0 Å². The van der Waals surface area contributed by atoms with E-state index in [9.17, 15) is 4.79 Å². The highest BCUT2D eigenvalue weighted by molar-refractivity contribution is 6.30. The van der Waals surface area contributed by atoms with Gasteiger partial charge in [0.2, 0.25) is 11.9 Å². The number of aromatic nitrogens is 2. The molecule has 3 rings (SSSR count). The van der Waals surface area contributed by atoms with E-state index < -0.39 is 5.60 Å². The van der Waals surface area contributed by atoms with Crippen molar-refractivity contribution in [3.63, 3.8) is 0 Å². The smallest absolute Gasteiger partial charge is 0.225 e. The molecule has 3 heterocycles. The maximum absolute atomic E-state index is 12.4. The summed E-state index contributed by atoms with van der Waals surface area (Å²) in [5.41, 5.74) is 5.30. The number of piperazine rings is 1. The van der Waals surface area contributed by atoms with Gasteiger partial charge in [-0.25, -0.2) is 9.97 Å². The van der Waals surface area contributed by atoms with Gasteiger partial charge in [0.05, 0.1) is 36.0 Å². The fraction of sp³-hybridized carbons (Fsp3) is 0.643. The number of hydrogen-bond acceptors (Lipinski definition) is 6. The van der Waals surface area contributed by atoms with Crippen LogP contribution in [0.15, 0.2) is 12.4 Å². The normalized spacial score (nSPS) is 25.0. The molecule has 2 saturated heterocycles. The summed E-state index contributed by atoms with van der Waals surface area (Å²) in [5, 5.41) is 0.519. The molecule has 2 aliphatic heterocycles. The molecule has 0 aromatic carbocycles. The van der Waals surface area contributed by atoms with E-state index in [1.54, 1.807) is 12.4 Å². The van der Waals surface area contributed by atoms with E-state index in [2.05, 4.69) is 14.9 Å². The van der Waals surface area contributed by atoms with Gasteiger partial charge in [-0.2, -0.15) is 0 Å². The van der Waals surface area contributed by atoms with Gasteiger partial charge in [0.1, 0.15) is 0 Å². The third-order valence-electron chi connectivity index (χ3n) is 4.33. The molecule has 2 fully saturated rings. The van der Waals surface area contributed by atoms with Crippen molar-refractivity contribution < 1.29 is 9.53 Å². The van der Waals surface area contributed by atoms with Gasteiger partial charge < -0.3 is 20.3 Å². The van der Waals surface area contributed by atoms with E-state index >= 15 is 0 Å². The molecule has 7 nitrogen and oxygen atoms in total. The van der Waals surface area contributed by atoms with Crippen LogP contribution in [0.1, 0.15) is 12.8 Å². The second-order valence-electron chi connectivity index (χ2n) is 5.73. The number of anilines is 1. The van der Waals surface area contributed by atoms with E-state index in [1.165, 1.54) is 0 Å². The summed E-state index contributed by atoms with van der Waals surface area (Å²) in [6.07, 6.45) is 4.41. The van der Waals surface area contributed by atoms with Crippen molar-refractivity contribution in [2.75, 3.05) is 44.2 Å². The highest BCUT2D eigenvalue weighted by Crippen LogP contribution is 2.29. The number of carbonyl (C=O) groups excluding carboxylic acids is 1. The summed E-state index contributed by atoms with van der Waals surface area (Å²) >= 11 is 5.79. The average molecular weight is 326 g/mol. The SMILES string of the molecule is NCC1(CC(=O)N2CCN(c3ncc(Cl)cn3)CC2)CCO1. The fourth-order valence-electron chi connectivity index (χ4n) is 2.78. The van der Waals surface area contributed by atoms with Crippen LogP contribution in [0.5, 0.6) is 0 Å². The molecule has 0 bridgehead atoms. The van der Waals surface area contributed by atoms with Crippen molar-refractivity contribution in [1.29, 1.82) is 0 Å². The van der Waals surface area contributed by atoms with Crippen LogP contribution in [-0.4, -0.2) is 65.7 Å². The van der Waals surface area contributed by atoms with Crippen LogP contribution in [0.2, 0.25) is 5.02 Å². The summed E-state index contributed by atoms with van der Waals surface area (Å²) < 4.78 is 5.52.